The Balaban J connectivity index is 2.79. The molecule has 1 unspecified atom stereocenters. The lowest BCUT2D eigenvalue weighted by Crippen LogP contribution is -2.24. The van der Waals surface area contributed by atoms with Gasteiger partial charge in [-0.3, -0.25) is 4.79 Å². The predicted molar refractivity (Wildman–Crippen MR) is 72.6 cm³/mol. The van der Waals surface area contributed by atoms with Crippen LogP contribution in [-0.4, -0.2) is 5.91 Å². The highest BCUT2D eigenvalue weighted by atomic mass is 19.1. The van der Waals surface area contributed by atoms with E-state index in [0.29, 0.717) is 6.07 Å². The van der Waals surface area contributed by atoms with Crippen LogP contribution in [0.25, 0.3) is 0 Å². The second-order valence-electron chi connectivity index (χ2n) is 5.87. The van der Waals surface area contributed by atoms with Crippen LogP contribution in [0.2, 0.25) is 0 Å². The molecule has 0 heterocycles. The zero-order valence-electron chi connectivity index (χ0n) is 11.7. The SMILES string of the molecule is CC(CC(=O)Nc1c(N)cc(F)cc1F)C(C)(C)C. The highest BCUT2D eigenvalue weighted by Crippen LogP contribution is 2.29. The summed E-state index contributed by atoms with van der Waals surface area (Å²) in [6.07, 6.45) is 0.250. The molecule has 0 bridgehead atoms. The maximum atomic E-state index is 13.5. The number of halogens is 2. The quantitative estimate of drug-likeness (QED) is 0.825. The zero-order valence-corrected chi connectivity index (χ0v) is 11.7. The van der Waals surface area contributed by atoms with E-state index in [-0.39, 0.29) is 35.0 Å². The normalized spacial score (nSPS) is 13.2. The Bertz CT molecular complexity index is 458. The van der Waals surface area contributed by atoms with Gasteiger partial charge in [0, 0.05) is 12.5 Å². The molecule has 19 heavy (non-hydrogen) atoms. The van der Waals surface area contributed by atoms with Crippen molar-refractivity contribution in [3.63, 3.8) is 0 Å². The molecule has 3 nitrogen and oxygen atoms in total. The van der Waals surface area contributed by atoms with E-state index in [9.17, 15) is 13.6 Å². The third-order valence-corrected chi connectivity index (χ3v) is 3.32. The molecule has 0 fully saturated rings. The van der Waals surface area contributed by atoms with Gasteiger partial charge >= 0.3 is 0 Å². The molecule has 1 aromatic rings. The van der Waals surface area contributed by atoms with Gasteiger partial charge in [0.1, 0.15) is 11.5 Å². The van der Waals surface area contributed by atoms with Gasteiger partial charge in [0.05, 0.1) is 5.69 Å². The van der Waals surface area contributed by atoms with Gasteiger partial charge in [0.25, 0.3) is 0 Å². The smallest absolute Gasteiger partial charge is 0.224 e. The van der Waals surface area contributed by atoms with Crippen molar-refractivity contribution in [2.24, 2.45) is 11.3 Å². The fourth-order valence-corrected chi connectivity index (χ4v) is 1.50. The van der Waals surface area contributed by atoms with Crippen molar-refractivity contribution >= 4 is 17.3 Å². The second kappa shape index (κ2) is 5.55. The zero-order chi connectivity index (χ0) is 14.8. The summed E-state index contributed by atoms with van der Waals surface area (Å²) in [5.74, 6) is -1.85. The molecule has 1 aromatic carbocycles. The third kappa shape index (κ3) is 4.19. The summed E-state index contributed by atoms with van der Waals surface area (Å²) >= 11 is 0. The molecule has 0 saturated carbocycles. The minimum absolute atomic E-state index is 0.0236. The number of anilines is 2. The molecule has 1 atom stereocenters. The summed E-state index contributed by atoms with van der Waals surface area (Å²) in [5, 5.41) is 2.40. The van der Waals surface area contributed by atoms with Gasteiger partial charge in [-0.05, 0) is 17.4 Å². The number of carbonyl (C=O) groups is 1. The Morgan fingerprint density at radius 2 is 1.95 bits per heavy atom. The van der Waals surface area contributed by atoms with Crippen LogP contribution in [-0.2, 0) is 4.79 Å². The minimum Gasteiger partial charge on any atom is -0.397 e. The number of carbonyl (C=O) groups excluding carboxylic acids is 1. The maximum absolute atomic E-state index is 13.5. The molecule has 0 aliphatic rings. The average Bonchev–Trinajstić information content (AvgIpc) is 2.21. The van der Waals surface area contributed by atoms with Crippen LogP contribution in [0.5, 0.6) is 0 Å². The standard InChI is InChI=1S/C14H20F2N2O/c1-8(14(2,3)4)5-12(19)18-13-10(16)6-9(15)7-11(13)17/h6-8H,5,17H2,1-4H3,(H,18,19). The van der Waals surface area contributed by atoms with Crippen LogP contribution in [0.3, 0.4) is 0 Å². The molecule has 0 radical (unpaired) electrons. The highest BCUT2D eigenvalue weighted by Gasteiger charge is 2.23. The van der Waals surface area contributed by atoms with Crippen molar-refractivity contribution in [3.8, 4) is 0 Å². The van der Waals surface area contributed by atoms with Crippen LogP contribution in [0.4, 0.5) is 20.2 Å². The van der Waals surface area contributed by atoms with Crippen LogP contribution in [0.15, 0.2) is 12.1 Å². The Labute approximate surface area is 112 Å². The number of nitrogens with one attached hydrogen (secondary N) is 1. The van der Waals surface area contributed by atoms with E-state index in [1.807, 2.05) is 27.7 Å². The number of rotatable bonds is 3. The van der Waals surface area contributed by atoms with Gasteiger partial charge < -0.3 is 11.1 Å². The van der Waals surface area contributed by atoms with Crippen molar-refractivity contribution in [2.45, 2.75) is 34.1 Å². The van der Waals surface area contributed by atoms with E-state index < -0.39 is 11.6 Å². The molecule has 0 spiro atoms. The number of amides is 1. The fourth-order valence-electron chi connectivity index (χ4n) is 1.50. The summed E-state index contributed by atoms with van der Waals surface area (Å²) in [6, 6.07) is 1.67. The van der Waals surface area contributed by atoms with Crippen molar-refractivity contribution in [2.75, 3.05) is 11.1 Å². The summed E-state index contributed by atoms with van der Waals surface area (Å²) in [6.45, 7) is 8.03. The Kier molecular flexibility index (Phi) is 4.50. The van der Waals surface area contributed by atoms with Gasteiger partial charge in [-0.25, -0.2) is 8.78 Å². The Morgan fingerprint density at radius 1 is 1.37 bits per heavy atom. The third-order valence-electron chi connectivity index (χ3n) is 3.32. The lowest BCUT2D eigenvalue weighted by Gasteiger charge is -2.26. The maximum Gasteiger partial charge on any atom is 0.224 e. The molecule has 3 N–H and O–H groups in total. The molecule has 0 aliphatic heterocycles. The number of hydrogen-bond donors (Lipinski definition) is 2. The number of nitrogen functional groups attached to an aromatic ring is 1. The minimum atomic E-state index is -0.866. The Hall–Kier alpha value is -1.65. The van der Waals surface area contributed by atoms with Gasteiger partial charge in [-0.15, -0.1) is 0 Å². The topological polar surface area (TPSA) is 55.1 Å². The predicted octanol–water partition coefficient (Wildman–Crippen LogP) is 3.56. The first kappa shape index (κ1) is 15.4. The molecular formula is C14H20F2N2O. The first-order valence-corrected chi connectivity index (χ1v) is 6.15. The van der Waals surface area contributed by atoms with Crippen LogP contribution in [0, 0.1) is 23.0 Å². The van der Waals surface area contributed by atoms with Gasteiger partial charge in [-0.1, -0.05) is 27.7 Å². The highest BCUT2D eigenvalue weighted by molar-refractivity contribution is 5.94. The number of nitrogens with two attached hydrogens (primary N) is 1. The molecule has 0 saturated heterocycles. The van der Waals surface area contributed by atoms with E-state index >= 15 is 0 Å². The summed E-state index contributed by atoms with van der Waals surface area (Å²) < 4.78 is 26.4. The molecule has 0 aromatic heterocycles. The van der Waals surface area contributed by atoms with Crippen molar-refractivity contribution in [3.05, 3.63) is 23.8 Å². The fraction of sp³-hybridized carbons (Fsp3) is 0.500. The summed E-state index contributed by atoms with van der Waals surface area (Å²) in [5.41, 5.74) is 5.19. The summed E-state index contributed by atoms with van der Waals surface area (Å²) in [4.78, 5) is 11.8. The molecule has 1 amide bonds. The van der Waals surface area contributed by atoms with E-state index in [2.05, 4.69) is 5.32 Å². The first-order valence-electron chi connectivity index (χ1n) is 6.15. The number of hydrogen-bond acceptors (Lipinski definition) is 2. The van der Waals surface area contributed by atoms with Crippen molar-refractivity contribution < 1.29 is 13.6 Å². The molecule has 106 valence electrons. The molecule has 0 aliphatic carbocycles. The largest absolute Gasteiger partial charge is 0.397 e. The van der Waals surface area contributed by atoms with Crippen LogP contribution >= 0.6 is 0 Å². The van der Waals surface area contributed by atoms with E-state index in [0.717, 1.165) is 6.07 Å². The van der Waals surface area contributed by atoms with E-state index in [1.165, 1.54) is 0 Å². The van der Waals surface area contributed by atoms with Gasteiger partial charge in [0.2, 0.25) is 5.91 Å². The second-order valence-corrected chi connectivity index (χ2v) is 5.87. The van der Waals surface area contributed by atoms with Gasteiger partial charge in [-0.2, -0.15) is 0 Å². The monoisotopic (exact) mass is 270 g/mol. The molecule has 5 heteroatoms. The molecule has 1 rings (SSSR count). The first-order chi connectivity index (χ1) is 8.61. The Morgan fingerprint density at radius 3 is 2.42 bits per heavy atom. The average molecular weight is 270 g/mol. The number of benzene rings is 1. The van der Waals surface area contributed by atoms with Crippen molar-refractivity contribution in [1.82, 2.24) is 0 Å². The lowest BCUT2D eigenvalue weighted by atomic mass is 9.80. The lowest BCUT2D eigenvalue weighted by molar-refractivity contribution is -0.117. The molecular weight excluding hydrogens is 250 g/mol. The van der Waals surface area contributed by atoms with Gasteiger partial charge in [0.15, 0.2) is 5.82 Å². The van der Waals surface area contributed by atoms with E-state index in [1.54, 1.807) is 0 Å². The van der Waals surface area contributed by atoms with Crippen LogP contribution < -0.4 is 11.1 Å². The van der Waals surface area contributed by atoms with E-state index in [4.69, 9.17) is 5.73 Å². The van der Waals surface area contributed by atoms with Crippen LogP contribution in [0.1, 0.15) is 34.1 Å². The summed E-state index contributed by atoms with van der Waals surface area (Å²) in [7, 11) is 0. The van der Waals surface area contributed by atoms with Crippen molar-refractivity contribution in [1.29, 1.82) is 0 Å².